The molecule has 0 N–H and O–H groups in total. The van der Waals surface area contributed by atoms with E-state index in [0.717, 1.165) is 5.56 Å². The van der Waals surface area contributed by atoms with Crippen molar-refractivity contribution in [2.75, 3.05) is 7.11 Å². The first-order valence-electron chi connectivity index (χ1n) is 5.59. The average Bonchev–Trinajstić information content (AvgIpc) is 3.09. The van der Waals surface area contributed by atoms with E-state index in [1.165, 1.54) is 7.11 Å². The van der Waals surface area contributed by atoms with E-state index in [-0.39, 0.29) is 5.97 Å². The van der Waals surface area contributed by atoms with E-state index in [1.54, 1.807) is 24.5 Å². The predicted octanol–water partition coefficient (Wildman–Crippen LogP) is 1.34. The zero-order valence-electron chi connectivity index (χ0n) is 9.79. The topological polar surface area (TPSA) is 78.1 Å². The third-order valence-electron chi connectivity index (χ3n) is 3.10. The molecule has 6 heteroatoms. The molecule has 0 amide bonds. The van der Waals surface area contributed by atoms with Gasteiger partial charge < -0.3 is 9.26 Å². The fourth-order valence-electron chi connectivity index (χ4n) is 1.86. The Balaban J connectivity index is 1.94. The molecule has 2 aromatic rings. The molecule has 0 aliphatic heterocycles. The molecule has 92 valence electrons. The Bertz CT molecular complexity index is 575. The SMILES string of the molecule is COC(=O)C1(c2nc(-c3ccncc3)no2)CC1. The maximum Gasteiger partial charge on any atom is 0.321 e. The summed E-state index contributed by atoms with van der Waals surface area (Å²) in [6.45, 7) is 0. The second-order valence-corrected chi connectivity index (χ2v) is 4.23. The predicted molar refractivity (Wildman–Crippen MR) is 60.5 cm³/mol. The van der Waals surface area contributed by atoms with E-state index in [9.17, 15) is 4.79 Å². The number of methoxy groups -OCH3 is 1. The summed E-state index contributed by atoms with van der Waals surface area (Å²) in [6, 6.07) is 3.57. The second-order valence-electron chi connectivity index (χ2n) is 4.23. The molecule has 1 aliphatic carbocycles. The zero-order chi connectivity index (χ0) is 12.6. The number of aromatic nitrogens is 3. The van der Waals surface area contributed by atoms with Crippen molar-refractivity contribution in [2.45, 2.75) is 18.3 Å². The van der Waals surface area contributed by atoms with Gasteiger partial charge in [0.05, 0.1) is 7.11 Å². The van der Waals surface area contributed by atoms with Gasteiger partial charge >= 0.3 is 5.97 Å². The average molecular weight is 245 g/mol. The summed E-state index contributed by atoms with van der Waals surface area (Å²) >= 11 is 0. The van der Waals surface area contributed by atoms with Gasteiger partial charge in [0.15, 0.2) is 0 Å². The highest BCUT2D eigenvalue weighted by atomic mass is 16.5. The van der Waals surface area contributed by atoms with E-state index in [0.29, 0.717) is 24.6 Å². The van der Waals surface area contributed by atoms with Gasteiger partial charge in [-0.05, 0) is 25.0 Å². The number of pyridine rings is 1. The first-order valence-corrected chi connectivity index (χ1v) is 5.59. The van der Waals surface area contributed by atoms with Gasteiger partial charge in [0, 0.05) is 18.0 Å². The third kappa shape index (κ3) is 1.57. The third-order valence-corrected chi connectivity index (χ3v) is 3.10. The van der Waals surface area contributed by atoms with Gasteiger partial charge in [-0.1, -0.05) is 5.16 Å². The van der Waals surface area contributed by atoms with E-state index in [1.807, 2.05) is 0 Å². The lowest BCUT2D eigenvalue weighted by Crippen LogP contribution is -2.22. The number of nitrogens with zero attached hydrogens (tertiary/aromatic N) is 3. The molecule has 1 fully saturated rings. The number of hydrogen-bond donors (Lipinski definition) is 0. The summed E-state index contributed by atoms with van der Waals surface area (Å²) in [5.74, 6) is 0.483. The van der Waals surface area contributed by atoms with Crippen molar-refractivity contribution in [1.82, 2.24) is 15.1 Å². The molecule has 0 unspecified atom stereocenters. The van der Waals surface area contributed by atoms with Crippen LogP contribution >= 0.6 is 0 Å². The van der Waals surface area contributed by atoms with Crippen LogP contribution < -0.4 is 0 Å². The summed E-state index contributed by atoms with van der Waals surface area (Å²) in [5.41, 5.74) is 0.0909. The van der Waals surface area contributed by atoms with Crippen molar-refractivity contribution < 1.29 is 14.1 Å². The monoisotopic (exact) mass is 245 g/mol. The molecular weight excluding hydrogens is 234 g/mol. The lowest BCUT2D eigenvalue weighted by atomic mass is 10.1. The van der Waals surface area contributed by atoms with Crippen LogP contribution in [0.3, 0.4) is 0 Å². The summed E-state index contributed by atoms with van der Waals surface area (Å²) < 4.78 is 9.96. The number of carbonyl (C=O) groups is 1. The lowest BCUT2D eigenvalue weighted by molar-refractivity contribution is -0.144. The maximum absolute atomic E-state index is 11.7. The molecule has 2 aromatic heterocycles. The molecule has 18 heavy (non-hydrogen) atoms. The molecule has 2 heterocycles. The van der Waals surface area contributed by atoms with Crippen molar-refractivity contribution in [3.05, 3.63) is 30.4 Å². The minimum Gasteiger partial charge on any atom is -0.468 e. The maximum atomic E-state index is 11.7. The van der Waals surface area contributed by atoms with Crippen molar-refractivity contribution in [1.29, 1.82) is 0 Å². The van der Waals surface area contributed by atoms with Gasteiger partial charge in [-0.15, -0.1) is 0 Å². The molecule has 6 nitrogen and oxygen atoms in total. The van der Waals surface area contributed by atoms with Gasteiger partial charge in [0.1, 0.15) is 5.41 Å². The Hall–Kier alpha value is -2.24. The highest BCUT2D eigenvalue weighted by Gasteiger charge is 2.57. The molecule has 1 saturated carbocycles. The van der Waals surface area contributed by atoms with Gasteiger partial charge in [-0.2, -0.15) is 4.98 Å². The number of hydrogen-bond acceptors (Lipinski definition) is 6. The van der Waals surface area contributed by atoms with Crippen LogP contribution in [0.25, 0.3) is 11.4 Å². The van der Waals surface area contributed by atoms with Gasteiger partial charge in [-0.3, -0.25) is 9.78 Å². The standard InChI is InChI=1S/C12H11N3O3/c1-17-11(16)12(4-5-12)10-14-9(15-18-10)8-2-6-13-7-3-8/h2-3,6-7H,4-5H2,1H3. The van der Waals surface area contributed by atoms with Crippen LogP contribution in [0.5, 0.6) is 0 Å². The largest absolute Gasteiger partial charge is 0.468 e. The van der Waals surface area contributed by atoms with Crippen molar-refractivity contribution in [2.24, 2.45) is 0 Å². The molecule has 0 saturated heterocycles. The summed E-state index contributed by atoms with van der Waals surface area (Å²) in [5, 5.41) is 3.89. The van der Waals surface area contributed by atoms with Crippen molar-refractivity contribution >= 4 is 5.97 Å². The summed E-state index contributed by atoms with van der Waals surface area (Å²) in [4.78, 5) is 19.9. The van der Waals surface area contributed by atoms with Gasteiger partial charge in [0.25, 0.3) is 0 Å². The molecule has 0 atom stereocenters. The Labute approximate surface area is 103 Å². The normalized spacial score (nSPS) is 16.3. The number of esters is 1. The molecule has 0 bridgehead atoms. The minimum atomic E-state index is -0.715. The summed E-state index contributed by atoms with van der Waals surface area (Å²) in [6.07, 6.45) is 4.69. The van der Waals surface area contributed by atoms with Crippen molar-refractivity contribution in [3.63, 3.8) is 0 Å². The van der Waals surface area contributed by atoms with Crippen LogP contribution in [0.4, 0.5) is 0 Å². The Morgan fingerprint density at radius 1 is 1.39 bits per heavy atom. The van der Waals surface area contributed by atoms with Crippen LogP contribution in [-0.4, -0.2) is 28.2 Å². The quantitative estimate of drug-likeness (QED) is 0.759. The minimum absolute atomic E-state index is 0.313. The Kier molecular flexibility index (Phi) is 2.36. The zero-order valence-corrected chi connectivity index (χ0v) is 9.79. The Morgan fingerprint density at radius 3 is 2.72 bits per heavy atom. The van der Waals surface area contributed by atoms with Crippen molar-refractivity contribution in [3.8, 4) is 11.4 Å². The molecular formula is C12H11N3O3. The van der Waals surface area contributed by atoms with Gasteiger partial charge in [0.2, 0.25) is 11.7 Å². The fourth-order valence-corrected chi connectivity index (χ4v) is 1.86. The Morgan fingerprint density at radius 2 is 2.11 bits per heavy atom. The lowest BCUT2D eigenvalue weighted by Gasteiger charge is -2.05. The highest BCUT2D eigenvalue weighted by Crippen LogP contribution is 2.48. The molecule has 0 spiro atoms. The smallest absolute Gasteiger partial charge is 0.321 e. The van der Waals surface area contributed by atoms with E-state index >= 15 is 0 Å². The molecule has 0 aromatic carbocycles. The molecule has 3 rings (SSSR count). The van der Waals surface area contributed by atoms with Crippen LogP contribution in [0.15, 0.2) is 29.0 Å². The van der Waals surface area contributed by atoms with E-state index < -0.39 is 5.41 Å². The van der Waals surface area contributed by atoms with Crippen LogP contribution in [0.1, 0.15) is 18.7 Å². The number of rotatable bonds is 3. The fraction of sp³-hybridized carbons (Fsp3) is 0.333. The van der Waals surface area contributed by atoms with E-state index in [4.69, 9.17) is 9.26 Å². The van der Waals surface area contributed by atoms with Gasteiger partial charge in [-0.25, -0.2) is 0 Å². The molecule has 1 aliphatic rings. The summed E-state index contributed by atoms with van der Waals surface area (Å²) in [7, 11) is 1.36. The highest BCUT2D eigenvalue weighted by molar-refractivity contribution is 5.85. The number of carbonyl (C=O) groups excluding carboxylic acids is 1. The van der Waals surface area contributed by atoms with Crippen LogP contribution in [0.2, 0.25) is 0 Å². The first kappa shape index (κ1) is 10.9. The number of ether oxygens (including phenoxy) is 1. The first-order chi connectivity index (χ1) is 8.76. The van der Waals surface area contributed by atoms with E-state index in [2.05, 4.69) is 15.1 Å². The van der Waals surface area contributed by atoms with Crippen LogP contribution in [0, 0.1) is 0 Å². The molecule has 0 radical (unpaired) electrons. The second kappa shape index (κ2) is 3.90. The van der Waals surface area contributed by atoms with Crippen LogP contribution in [-0.2, 0) is 14.9 Å².